The fourth-order valence-corrected chi connectivity index (χ4v) is 5.81. The maximum absolute atomic E-state index is 13.2. The molecule has 4 rings (SSSR count). The van der Waals surface area contributed by atoms with Gasteiger partial charge in [-0.15, -0.1) is 0 Å². The summed E-state index contributed by atoms with van der Waals surface area (Å²) in [6, 6.07) is 13.3. The van der Waals surface area contributed by atoms with E-state index in [-0.39, 0.29) is 35.5 Å². The topological polar surface area (TPSA) is 190 Å². The van der Waals surface area contributed by atoms with Gasteiger partial charge in [-0.25, -0.2) is 14.8 Å². The first kappa shape index (κ1) is 41.7. The van der Waals surface area contributed by atoms with Crippen molar-refractivity contribution in [3.8, 4) is 33.8 Å². The summed E-state index contributed by atoms with van der Waals surface area (Å²) in [4.78, 5) is 47.2. The first-order valence-corrected chi connectivity index (χ1v) is 18.2. The summed E-state index contributed by atoms with van der Waals surface area (Å²) in [5, 5.41) is 21.3. The molecule has 2 heterocycles. The molecule has 4 aromatic rings. The van der Waals surface area contributed by atoms with E-state index in [0.717, 1.165) is 22.3 Å². The van der Waals surface area contributed by atoms with Crippen LogP contribution in [0.15, 0.2) is 69.8 Å². The van der Waals surface area contributed by atoms with Gasteiger partial charge in [0.25, 0.3) is 0 Å². The van der Waals surface area contributed by atoms with Gasteiger partial charge in [-0.1, -0.05) is 104 Å². The van der Waals surface area contributed by atoms with Crippen molar-refractivity contribution in [1.29, 1.82) is 0 Å². The number of aromatic nitrogens is 2. The number of ether oxygens (including phenoxy) is 2. The van der Waals surface area contributed by atoms with E-state index in [2.05, 4.69) is 36.0 Å². The van der Waals surface area contributed by atoms with E-state index in [1.807, 2.05) is 104 Å². The fourth-order valence-electron chi connectivity index (χ4n) is 5.81. The highest BCUT2D eigenvalue weighted by Crippen LogP contribution is 2.31. The van der Waals surface area contributed by atoms with Crippen LogP contribution in [-0.4, -0.2) is 65.7 Å². The normalized spacial score (nSPS) is 14.5. The second-order valence-corrected chi connectivity index (χ2v) is 14.6. The van der Waals surface area contributed by atoms with Crippen LogP contribution in [-0.2, 0) is 19.1 Å². The summed E-state index contributed by atoms with van der Waals surface area (Å²) in [6.07, 6.45) is 1.34. The highest BCUT2D eigenvalue weighted by molar-refractivity contribution is 5.86. The van der Waals surface area contributed by atoms with Crippen LogP contribution in [0.2, 0.25) is 0 Å². The number of amides is 3. The average molecular weight is 747 g/mol. The Bertz CT molecular complexity index is 1820. The third kappa shape index (κ3) is 10.5. The lowest BCUT2D eigenvalue weighted by molar-refractivity contribution is -0.136. The third-order valence-corrected chi connectivity index (χ3v) is 9.08. The summed E-state index contributed by atoms with van der Waals surface area (Å²) in [5.41, 5.74) is 3.63. The molecule has 2 aromatic carbocycles. The first-order valence-electron chi connectivity index (χ1n) is 18.2. The standard InChI is InChI=1S/C40H54N6O8/c1-21(2)31(45-39(49)51-9)35(47)43-33(23(5)6)37-41-19-29(53-37)27-15-11-25(12-16-27)26-13-17-28(18-14-26)30-20-42-38(54-30)34(24(7)8)44-36(48)32(22(3)4)46-40(50)52-10/h11-24,31-34,39,45,49H,1-10H3,(H,43,47)(H,44,48)(H,46,50). The lowest BCUT2D eigenvalue weighted by atomic mass is 10.0. The Morgan fingerprint density at radius 2 is 0.981 bits per heavy atom. The molecule has 14 heteroatoms. The van der Waals surface area contributed by atoms with Gasteiger partial charge in [-0.3, -0.25) is 14.9 Å². The van der Waals surface area contributed by atoms with Gasteiger partial charge in [-0.05, 0) is 34.8 Å². The van der Waals surface area contributed by atoms with Gasteiger partial charge in [0, 0.05) is 18.2 Å². The largest absolute Gasteiger partial charge is 0.453 e. The molecule has 5 unspecified atom stereocenters. The van der Waals surface area contributed by atoms with E-state index in [1.165, 1.54) is 14.2 Å². The van der Waals surface area contributed by atoms with Gasteiger partial charge >= 0.3 is 6.09 Å². The van der Waals surface area contributed by atoms with Gasteiger partial charge in [0.15, 0.2) is 11.5 Å². The number of alkyl carbamates (subject to hydrolysis) is 1. The number of carbonyl (C=O) groups excluding carboxylic acids is 3. The molecule has 292 valence electrons. The van der Waals surface area contributed by atoms with Crippen LogP contribution in [0.3, 0.4) is 0 Å². The molecule has 0 bridgehead atoms. The number of benzene rings is 2. The molecule has 0 radical (unpaired) electrons. The highest BCUT2D eigenvalue weighted by Gasteiger charge is 2.32. The van der Waals surface area contributed by atoms with Crippen molar-refractivity contribution in [3.63, 3.8) is 0 Å². The number of hydrogen-bond acceptors (Lipinski definition) is 11. The molecule has 14 nitrogen and oxygen atoms in total. The molecular weight excluding hydrogens is 692 g/mol. The summed E-state index contributed by atoms with van der Waals surface area (Å²) in [6.45, 7) is 15.3. The van der Waals surface area contributed by atoms with Crippen molar-refractivity contribution in [1.82, 2.24) is 31.2 Å². The Morgan fingerprint density at radius 3 is 1.33 bits per heavy atom. The maximum Gasteiger partial charge on any atom is 0.407 e. The zero-order valence-electron chi connectivity index (χ0n) is 32.7. The molecule has 5 atom stereocenters. The number of nitrogens with zero attached hydrogens (tertiary/aromatic N) is 2. The Balaban J connectivity index is 1.44. The van der Waals surface area contributed by atoms with Crippen molar-refractivity contribution >= 4 is 17.9 Å². The van der Waals surface area contributed by atoms with Gasteiger partial charge in [0.1, 0.15) is 18.1 Å². The van der Waals surface area contributed by atoms with Gasteiger partial charge < -0.3 is 39.4 Å². The predicted molar refractivity (Wildman–Crippen MR) is 203 cm³/mol. The molecule has 0 aliphatic rings. The molecule has 0 fully saturated rings. The quantitative estimate of drug-likeness (QED) is 0.0773. The molecule has 3 amide bonds. The Morgan fingerprint density at radius 1 is 0.593 bits per heavy atom. The van der Waals surface area contributed by atoms with E-state index >= 15 is 0 Å². The fraction of sp³-hybridized carbons (Fsp3) is 0.475. The molecule has 0 aliphatic heterocycles. The van der Waals surface area contributed by atoms with Crippen LogP contribution in [0.25, 0.3) is 33.8 Å². The van der Waals surface area contributed by atoms with Gasteiger partial charge in [-0.2, -0.15) is 0 Å². The summed E-state index contributed by atoms with van der Waals surface area (Å²) in [5.74, 6) is 0.872. The smallest absolute Gasteiger partial charge is 0.407 e. The molecule has 0 saturated carbocycles. The minimum Gasteiger partial charge on any atom is -0.453 e. The summed E-state index contributed by atoms with van der Waals surface area (Å²) in [7, 11) is 2.60. The molecular formula is C40H54N6O8. The number of methoxy groups -OCH3 is 2. The molecule has 0 spiro atoms. The van der Waals surface area contributed by atoms with E-state index in [4.69, 9.17) is 13.6 Å². The molecule has 5 N–H and O–H groups in total. The lowest BCUT2D eigenvalue weighted by Gasteiger charge is -2.27. The second-order valence-electron chi connectivity index (χ2n) is 14.6. The number of rotatable bonds is 17. The Hall–Kier alpha value is -5.05. The van der Waals surface area contributed by atoms with Crippen molar-refractivity contribution in [3.05, 3.63) is 72.7 Å². The van der Waals surface area contributed by atoms with Crippen molar-refractivity contribution < 1.29 is 37.8 Å². The van der Waals surface area contributed by atoms with Crippen molar-refractivity contribution in [2.24, 2.45) is 23.7 Å². The number of carbonyl (C=O) groups is 3. The highest BCUT2D eigenvalue weighted by atomic mass is 16.6. The van der Waals surface area contributed by atoms with E-state index in [0.29, 0.717) is 23.3 Å². The zero-order valence-corrected chi connectivity index (χ0v) is 32.7. The van der Waals surface area contributed by atoms with Crippen LogP contribution in [0.1, 0.15) is 79.3 Å². The van der Waals surface area contributed by atoms with Gasteiger partial charge in [0.2, 0.25) is 30.0 Å². The Kier molecular flexibility index (Phi) is 14.5. The minimum atomic E-state index is -1.27. The monoisotopic (exact) mass is 746 g/mol. The molecule has 2 aromatic heterocycles. The van der Waals surface area contributed by atoms with Crippen molar-refractivity contribution in [2.75, 3.05) is 14.2 Å². The second kappa shape index (κ2) is 18.8. The lowest BCUT2D eigenvalue weighted by Crippen LogP contribution is -2.52. The number of oxazole rings is 2. The SMILES string of the molecule is COC(=O)NC(C(=O)NC(c1ncc(-c2ccc(-c3ccc(-c4cnc(C(NC(=O)C(NC(O)OC)C(C)C)C(C)C)o4)cc3)cc2)o1)C(C)C)C(C)C. The number of hydrogen-bond donors (Lipinski definition) is 5. The summed E-state index contributed by atoms with van der Waals surface area (Å²) < 4.78 is 21.9. The minimum absolute atomic E-state index is 0.0219. The molecule has 0 saturated heterocycles. The first-order chi connectivity index (χ1) is 25.6. The van der Waals surface area contributed by atoms with E-state index in [1.54, 1.807) is 12.4 Å². The molecule has 0 aliphatic carbocycles. The molecule has 54 heavy (non-hydrogen) atoms. The van der Waals surface area contributed by atoms with Gasteiger partial charge in [0.05, 0.1) is 25.5 Å². The van der Waals surface area contributed by atoms with E-state index < -0.39 is 36.7 Å². The van der Waals surface area contributed by atoms with E-state index in [9.17, 15) is 19.5 Å². The average Bonchev–Trinajstić information content (AvgIpc) is 3.84. The predicted octanol–water partition coefficient (Wildman–Crippen LogP) is 6.21. The number of aliphatic hydroxyl groups excluding tert-OH is 1. The van der Waals surface area contributed by atoms with Crippen molar-refractivity contribution in [2.45, 2.75) is 86.0 Å². The van der Waals surface area contributed by atoms with Crippen LogP contribution in [0.4, 0.5) is 4.79 Å². The van der Waals surface area contributed by atoms with Crippen LogP contribution >= 0.6 is 0 Å². The van der Waals surface area contributed by atoms with Crippen LogP contribution in [0, 0.1) is 23.7 Å². The maximum atomic E-state index is 13.2. The summed E-state index contributed by atoms with van der Waals surface area (Å²) >= 11 is 0. The number of nitrogens with one attached hydrogen (secondary N) is 4. The Labute approximate surface area is 316 Å². The zero-order chi connectivity index (χ0) is 39.7. The third-order valence-electron chi connectivity index (χ3n) is 9.08. The number of aliphatic hydroxyl groups is 1. The van der Waals surface area contributed by atoms with Crippen LogP contribution < -0.4 is 21.3 Å². The van der Waals surface area contributed by atoms with Crippen LogP contribution in [0.5, 0.6) is 0 Å².